The molecule has 5 atom stereocenters. The van der Waals surface area contributed by atoms with Crippen molar-refractivity contribution in [3.05, 3.63) is 178 Å². The van der Waals surface area contributed by atoms with Gasteiger partial charge in [0.1, 0.15) is 23.8 Å². The van der Waals surface area contributed by atoms with Gasteiger partial charge < -0.3 is 64.2 Å². The first-order valence-electron chi connectivity index (χ1n) is 37.4. The smallest absolute Gasteiger partial charge is 0.416 e. The van der Waals surface area contributed by atoms with Gasteiger partial charge in [-0.1, -0.05) is 92.7 Å². The molecule has 0 bridgehead atoms. The molecule has 6 amide bonds. The van der Waals surface area contributed by atoms with Crippen molar-refractivity contribution < 1.29 is 76.7 Å². The van der Waals surface area contributed by atoms with Gasteiger partial charge in [-0.2, -0.15) is 5.11 Å². The van der Waals surface area contributed by atoms with Gasteiger partial charge in [0.25, 0.3) is 11.8 Å². The first-order chi connectivity index (χ1) is 52.6. The monoisotopic (exact) mass is 1490 g/mol. The van der Waals surface area contributed by atoms with Crippen molar-refractivity contribution in [1.29, 1.82) is 5.53 Å². The lowest BCUT2D eigenvalue weighted by Gasteiger charge is -2.31. The molecule has 1 unspecified atom stereocenters. The van der Waals surface area contributed by atoms with Gasteiger partial charge in [-0.25, -0.2) is 15.2 Å². The summed E-state index contributed by atoms with van der Waals surface area (Å²) >= 11 is 0. The number of hydrogen-bond donors (Lipinski definition) is 5. The van der Waals surface area contributed by atoms with Gasteiger partial charge in [-0.3, -0.25) is 38.4 Å². The Morgan fingerprint density at radius 3 is 2.05 bits per heavy atom. The molecule has 572 valence electrons. The molecule has 1 aliphatic carbocycles. The lowest BCUT2D eigenvalue weighted by molar-refractivity contribution is -0.133. The standard InChI is InChI=1S/C84H95N9O16/c1-50(2)64(40-60(95)45-87-75(97)31-27-59(94)28-32-76(98)91-46-56-15-9-10-16-62(56)77(86-4)78(89-85)63-17-11-12-18-67(63)91)79(99)88-51(3)70(96)37-52-19-21-53(22-20-52)48-109-83(103)93-68-43-74(72(106-7)42-66(68)81(101)92-49-84(33-34-84)44-69(92)82(93)102)108-36-14-8-13-35-107-73-39-55-23-26-58-38-57(54-24-29-61(104-5)30-25-54)47-90(58)80(100)65(55)41-71(73)105-6/h9-12,15-22,24-25,29-30,39,41-43,47,50-51,58,64,69,82,85-86,102H,8,13-14,23,26-28,31-38,40,44-46,48-49H2,1-7H3,(H,87,97)(H,88,99)/b78-77-,89-85?/t51-,58+,64-,69-,82?/m0/s1. The molecular weight excluding hydrogens is 1390 g/mol. The number of para-hydroxylation sites is 1. The number of nitrogens with zero attached hydrogens (tertiary/aromatic N) is 5. The molecule has 1 saturated heterocycles. The summed E-state index contributed by atoms with van der Waals surface area (Å²) in [7, 11) is 6.42. The van der Waals surface area contributed by atoms with Gasteiger partial charge in [-0.05, 0) is 146 Å². The Labute approximate surface area is 634 Å². The number of carbonyl (C=O) groups excluding carboxylic acids is 9. The van der Waals surface area contributed by atoms with Crippen molar-refractivity contribution in [2.45, 2.75) is 155 Å². The molecule has 25 nitrogen and oxygen atoms in total. The fourth-order valence-electron chi connectivity index (χ4n) is 15.3. The Morgan fingerprint density at radius 2 is 1.37 bits per heavy atom. The second-order valence-electron chi connectivity index (χ2n) is 29.3. The maximum atomic E-state index is 14.5. The lowest BCUT2D eigenvalue weighted by atomic mass is 9.89. The van der Waals surface area contributed by atoms with Gasteiger partial charge in [0.05, 0.1) is 82.4 Å². The average molecular weight is 1490 g/mol. The molecule has 109 heavy (non-hydrogen) atoms. The number of methoxy groups -OCH3 is 3. The van der Waals surface area contributed by atoms with E-state index in [1.54, 1.807) is 119 Å². The second-order valence-corrected chi connectivity index (χ2v) is 29.3. The zero-order valence-corrected chi connectivity index (χ0v) is 62.7. The van der Waals surface area contributed by atoms with Gasteiger partial charge in [0.15, 0.2) is 40.8 Å². The van der Waals surface area contributed by atoms with E-state index < -0.39 is 47.9 Å². The molecule has 6 aliphatic rings. The van der Waals surface area contributed by atoms with Crippen LogP contribution in [-0.4, -0.2) is 147 Å². The van der Waals surface area contributed by atoms with Crippen LogP contribution in [0.4, 0.5) is 16.2 Å². The Morgan fingerprint density at radius 1 is 0.697 bits per heavy atom. The summed E-state index contributed by atoms with van der Waals surface area (Å²) in [6.45, 7) is 5.78. The fourth-order valence-corrected chi connectivity index (χ4v) is 15.3. The van der Waals surface area contributed by atoms with E-state index in [-0.39, 0.29) is 134 Å². The Balaban J connectivity index is 0.591. The molecule has 1 saturated carbocycles. The number of amides is 6. The van der Waals surface area contributed by atoms with Crippen LogP contribution in [0.1, 0.15) is 164 Å². The maximum Gasteiger partial charge on any atom is 0.416 e. The number of nitrogens with one attached hydrogen (secondary N) is 4. The minimum absolute atomic E-state index is 0.0360. The zero-order valence-electron chi connectivity index (χ0n) is 62.7. The van der Waals surface area contributed by atoms with E-state index in [4.69, 9.17) is 34.0 Å². The quantitative estimate of drug-likeness (QED) is 0.0194. The summed E-state index contributed by atoms with van der Waals surface area (Å²) in [5.74, 6) is -1.63. The normalized spacial score (nSPS) is 18.5. The highest BCUT2D eigenvalue weighted by molar-refractivity contribution is 6.07. The topological polar surface area (TPSA) is 314 Å². The van der Waals surface area contributed by atoms with Crippen LogP contribution in [0.15, 0.2) is 133 Å². The SMILES string of the molecule is CN/C1=C(\N=N)c2ccccc2N(C(=O)CCC(=O)CCC(=O)NCC(=O)C[C@H](C(=O)N[C@@H](C)C(=O)Cc2ccc(COC(=O)N3c4cc(OCCCCCOc5cc6c(cc5OC)C(=O)N5C=C(c7ccc(OC)cc7)C[C@H]5CC6)c(OC)cc4C(=O)N4CC5(CC5)C[C@H]4C3O)cc2)C(C)C)Cc2ccccc21. The van der Waals surface area contributed by atoms with Crippen LogP contribution in [0.5, 0.6) is 28.7 Å². The first kappa shape index (κ1) is 77.4. The van der Waals surface area contributed by atoms with Crippen LogP contribution in [0, 0.1) is 22.8 Å². The average Bonchev–Trinajstić information content (AvgIpc) is 1.58. The highest BCUT2D eigenvalue weighted by atomic mass is 16.6. The lowest BCUT2D eigenvalue weighted by Crippen LogP contribution is -2.50. The second kappa shape index (κ2) is 34.4. The predicted octanol–water partition coefficient (Wildman–Crippen LogP) is 11.7. The zero-order chi connectivity index (χ0) is 77.2. The van der Waals surface area contributed by atoms with E-state index in [9.17, 15) is 48.3 Å². The number of fused-ring (bicyclic) bond motifs is 6. The van der Waals surface area contributed by atoms with Crippen molar-refractivity contribution in [2.75, 3.05) is 64.5 Å². The molecule has 2 fully saturated rings. The van der Waals surface area contributed by atoms with Crippen LogP contribution < -0.4 is 49.4 Å². The number of benzene rings is 6. The molecule has 25 heteroatoms. The molecular formula is C84H95N9O16. The fraction of sp³-hybridized carbons (Fsp3) is 0.417. The number of aliphatic hydroxyl groups excluding tert-OH is 1. The summed E-state index contributed by atoms with van der Waals surface area (Å²) < 4.78 is 35.4. The van der Waals surface area contributed by atoms with Gasteiger partial charge in [0, 0.05) is 93.0 Å². The number of ether oxygens (including phenoxy) is 6. The van der Waals surface area contributed by atoms with E-state index in [2.05, 4.69) is 21.1 Å². The molecule has 5 N–H and O–H groups in total. The summed E-state index contributed by atoms with van der Waals surface area (Å²) in [6, 6.07) is 34.6. The van der Waals surface area contributed by atoms with Crippen molar-refractivity contribution >= 4 is 81.3 Å². The number of carbonyl (C=O) groups is 9. The number of ketones is 3. The molecule has 0 radical (unpaired) electrons. The Hall–Kier alpha value is -11.2. The van der Waals surface area contributed by atoms with Crippen molar-refractivity contribution in [2.24, 2.45) is 22.4 Å². The highest BCUT2D eigenvalue weighted by Gasteiger charge is 2.58. The van der Waals surface area contributed by atoms with Crippen LogP contribution in [0.3, 0.4) is 0 Å². The number of aliphatic hydroxyl groups is 1. The van der Waals surface area contributed by atoms with E-state index in [1.807, 2.05) is 65.7 Å². The summed E-state index contributed by atoms with van der Waals surface area (Å²) in [5.41, 5.74) is 16.8. The van der Waals surface area contributed by atoms with E-state index >= 15 is 0 Å². The van der Waals surface area contributed by atoms with E-state index in [0.29, 0.717) is 96.1 Å². The van der Waals surface area contributed by atoms with E-state index in [1.165, 1.54) is 7.11 Å². The maximum absolute atomic E-state index is 14.5. The first-order valence-corrected chi connectivity index (χ1v) is 37.4. The number of anilines is 2. The molecule has 12 rings (SSSR count). The van der Waals surface area contributed by atoms with Gasteiger partial charge >= 0.3 is 6.09 Å². The summed E-state index contributed by atoms with van der Waals surface area (Å²) in [5, 5.41) is 24.6. The van der Waals surface area contributed by atoms with Crippen LogP contribution in [0.2, 0.25) is 0 Å². The number of Topliss-reactive ketones (excluding diaryl/α,β-unsaturated/α-hetero) is 3. The Bertz CT molecular complexity index is 4550. The number of aryl methyl sites for hydroxylation is 1. The molecule has 1 spiro atoms. The van der Waals surface area contributed by atoms with Crippen LogP contribution >= 0.6 is 0 Å². The summed E-state index contributed by atoms with van der Waals surface area (Å²) in [4.78, 5) is 130. The third-order valence-corrected chi connectivity index (χ3v) is 21.7. The van der Waals surface area contributed by atoms with Crippen molar-refractivity contribution in [3.8, 4) is 28.7 Å². The van der Waals surface area contributed by atoms with Gasteiger partial charge in [0.2, 0.25) is 17.7 Å². The van der Waals surface area contributed by atoms with Crippen molar-refractivity contribution in [3.63, 3.8) is 0 Å². The van der Waals surface area contributed by atoms with Crippen LogP contribution in [0.25, 0.3) is 17.0 Å². The molecule has 5 heterocycles. The predicted molar refractivity (Wildman–Crippen MR) is 407 cm³/mol. The number of hydrogen-bond acceptors (Lipinski definition) is 19. The van der Waals surface area contributed by atoms with Crippen LogP contribution in [-0.2, 0) is 59.5 Å². The van der Waals surface area contributed by atoms with E-state index in [0.717, 1.165) is 64.2 Å². The molecule has 0 aromatic heterocycles. The third kappa shape index (κ3) is 17.5. The largest absolute Gasteiger partial charge is 0.497 e. The van der Waals surface area contributed by atoms with Gasteiger partial charge in [-0.15, -0.1) is 0 Å². The minimum Gasteiger partial charge on any atom is -0.497 e. The molecule has 6 aromatic rings. The third-order valence-electron chi connectivity index (χ3n) is 21.7. The van der Waals surface area contributed by atoms with Crippen molar-refractivity contribution in [1.82, 2.24) is 25.8 Å². The number of unbranched alkanes of at least 4 members (excludes halogenated alkanes) is 2. The summed E-state index contributed by atoms with van der Waals surface area (Å²) in [6.07, 6.45) is 5.25. The Kier molecular flexibility index (Phi) is 24.4. The number of rotatable bonds is 32. The molecule has 5 aliphatic heterocycles. The minimum atomic E-state index is -1.46. The highest BCUT2D eigenvalue weighted by Crippen LogP contribution is 2.57. The molecule has 6 aromatic carbocycles.